The molecule has 0 spiro atoms. The SMILES string of the molecule is O=C(O)C(CC=C(Cl)Cl)c1cccc(Cl)c1. The highest BCUT2D eigenvalue weighted by atomic mass is 35.5. The first-order valence-corrected chi connectivity index (χ1v) is 5.63. The Hall–Kier alpha value is -0.700. The molecule has 0 saturated heterocycles. The van der Waals surface area contributed by atoms with Crippen molar-refractivity contribution >= 4 is 40.8 Å². The van der Waals surface area contributed by atoms with E-state index in [4.69, 9.17) is 39.9 Å². The lowest BCUT2D eigenvalue weighted by Crippen LogP contribution is -2.10. The molecule has 1 unspecified atom stereocenters. The van der Waals surface area contributed by atoms with Crippen LogP contribution in [-0.4, -0.2) is 11.1 Å². The van der Waals surface area contributed by atoms with Gasteiger partial charge in [-0.3, -0.25) is 4.79 Å². The molecule has 86 valence electrons. The van der Waals surface area contributed by atoms with Crippen LogP contribution in [0.5, 0.6) is 0 Å². The molecule has 1 aromatic rings. The van der Waals surface area contributed by atoms with E-state index in [1.807, 2.05) is 0 Å². The zero-order valence-corrected chi connectivity index (χ0v) is 10.4. The van der Waals surface area contributed by atoms with Crippen LogP contribution < -0.4 is 0 Å². The largest absolute Gasteiger partial charge is 0.481 e. The summed E-state index contributed by atoms with van der Waals surface area (Å²) >= 11 is 16.7. The van der Waals surface area contributed by atoms with Crippen molar-refractivity contribution in [3.8, 4) is 0 Å². The minimum absolute atomic E-state index is 0.0632. The van der Waals surface area contributed by atoms with E-state index in [0.29, 0.717) is 10.6 Å². The molecule has 0 radical (unpaired) electrons. The minimum atomic E-state index is -0.937. The second kappa shape index (κ2) is 6.14. The first kappa shape index (κ1) is 13.4. The molecule has 1 N–H and O–H groups in total. The fourth-order valence-corrected chi connectivity index (χ4v) is 1.69. The van der Waals surface area contributed by atoms with Crippen molar-refractivity contribution in [2.75, 3.05) is 0 Å². The van der Waals surface area contributed by atoms with Gasteiger partial charge in [0.1, 0.15) is 4.49 Å². The molecule has 0 saturated carbocycles. The quantitative estimate of drug-likeness (QED) is 0.896. The molecule has 0 aliphatic carbocycles. The Kier molecular flexibility index (Phi) is 5.13. The van der Waals surface area contributed by atoms with Crippen LogP contribution in [0.25, 0.3) is 0 Å². The van der Waals surface area contributed by atoms with Gasteiger partial charge in [-0.15, -0.1) is 0 Å². The lowest BCUT2D eigenvalue weighted by Gasteiger charge is -2.10. The third-order valence-corrected chi connectivity index (χ3v) is 2.60. The van der Waals surface area contributed by atoms with E-state index in [0.717, 1.165) is 0 Å². The van der Waals surface area contributed by atoms with Crippen LogP contribution in [0.4, 0.5) is 0 Å². The summed E-state index contributed by atoms with van der Waals surface area (Å²) in [5, 5.41) is 9.58. The van der Waals surface area contributed by atoms with Crippen molar-refractivity contribution < 1.29 is 9.90 Å². The normalized spacial score (nSPS) is 11.9. The summed E-state index contributed by atoms with van der Waals surface area (Å²) in [6.07, 6.45) is 1.70. The second-order valence-corrected chi connectivity index (χ2v) is 4.62. The van der Waals surface area contributed by atoms with Crippen LogP contribution in [0.3, 0.4) is 0 Å². The topological polar surface area (TPSA) is 37.3 Å². The van der Waals surface area contributed by atoms with E-state index in [1.165, 1.54) is 6.08 Å². The molecule has 1 rings (SSSR count). The molecule has 0 aromatic heterocycles. The Morgan fingerprint density at radius 3 is 2.62 bits per heavy atom. The number of carboxylic acid groups (broad SMARTS) is 1. The van der Waals surface area contributed by atoms with Gasteiger partial charge in [0.15, 0.2) is 0 Å². The van der Waals surface area contributed by atoms with E-state index in [1.54, 1.807) is 24.3 Å². The van der Waals surface area contributed by atoms with Gasteiger partial charge in [0.2, 0.25) is 0 Å². The highest BCUT2D eigenvalue weighted by molar-refractivity contribution is 6.55. The molecule has 0 bridgehead atoms. The Bertz CT molecular complexity index is 411. The lowest BCUT2D eigenvalue weighted by molar-refractivity contribution is -0.138. The molecule has 0 amide bonds. The zero-order chi connectivity index (χ0) is 12.1. The Labute approximate surface area is 108 Å². The maximum atomic E-state index is 11.1. The summed E-state index contributed by atoms with van der Waals surface area (Å²) in [6, 6.07) is 6.73. The Morgan fingerprint density at radius 1 is 1.44 bits per heavy atom. The second-order valence-electron chi connectivity index (χ2n) is 3.18. The molecule has 2 nitrogen and oxygen atoms in total. The van der Waals surface area contributed by atoms with Gasteiger partial charge in [0, 0.05) is 5.02 Å². The molecule has 1 atom stereocenters. The number of rotatable bonds is 4. The summed E-state index contributed by atoms with van der Waals surface area (Å²) in [4.78, 5) is 11.1. The lowest BCUT2D eigenvalue weighted by atomic mass is 9.96. The highest BCUT2D eigenvalue weighted by Crippen LogP contribution is 2.25. The molecule has 5 heteroatoms. The van der Waals surface area contributed by atoms with Crippen molar-refractivity contribution in [3.63, 3.8) is 0 Å². The van der Waals surface area contributed by atoms with E-state index in [-0.39, 0.29) is 10.9 Å². The molecular formula is C11H9Cl3O2. The van der Waals surface area contributed by atoms with Gasteiger partial charge in [-0.1, -0.05) is 53.0 Å². The molecule has 0 aliphatic rings. The number of carbonyl (C=O) groups is 1. The Morgan fingerprint density at radius 2 is 2.12 bits per heavy atom. The van der Waals surface area contributed by atoms with Crippen LogP contribution >= 0.6 is 34.8 Å². The number of benzene rings is 1. The van der Waals surface area contributed by atoms with Gasteiger partial charge >= 0.3 is 5.97 Å². The fourth-order valence-electron chi connectivity index (χ4n) is 1.31. The summed E-state index contributed by atoms with van der Waals surface area (Å²) in [6.45, 7) is 0. The highest BCUT2D eigenvalue weighted by Gasteiger charge is 2.18. The zero-order valence-electron chi connectivity index (χ0n) is 8.16. The third kappa shape index (κ3) is 4.05. The maximum absolute atomic E-state index is 11.1. The fraction of sp³-hybridized carbons (Fsp3) is 0.182. The van der Waals surface area contributed by atoms with E-state index in [2.05, 4.69) is 0 Å². The molecule has 0 fully saturated rings. The predicted molar refractivity (Wildman–Crippen MR) is 66.2 cm³/mol. The summed E-state index contributed by atoms with van der Waals surface area (Å²) in [5.74, 6) is -1.63. The minimum Gasteiger partial charge on any atom is -0.481 e. The van der Waals surface area contributed by atoms with E-state index >= 15 is 0 Å². The van der Waals surface area contributed by atoms with Crippen molar-refractivity contribution in [1.82, 2.24) is 0 Å². The number of allylic oxidation sites excluding steroid dienone is 1. The number of hydrogen-bond donors (Lipinski definition) is 1. The average Bonchev–Trinajstić information content (AvgIpc) is 2.17. The smallest absolute Gasteiger partial charge is 0.311 e. The van der Waals surface area contributed by atoms with Gasteiger partial charge in [0.05, 0.1) is 5.92 Å². The van der Waals surface area contributed by atoms with Gasteiger partial charge in [-0.25, -0.2) is 0 Å². The van der Waals surface area contributed by atoms with Gasteiger partial charge in [-0.05, 0) is 24.1 Å². The number of hydrogen-bond acceptors (Lipinski definition) is 1. The van der Waals surface area contributed by atoms with Gasteiger partial charge in [0.25, 0.3) is 0 Å². The van der Waals surface area contributed by atoms with Crippen LogP contribution in [0, 0.1) is 0 Å². The van der Waals surface area contributed by atoms with Crippen LogP contribution in [0.15, 0.2) is 34.8 Å². The molecule has 1 aromatic carbocycles. The monoisotopic (exact) mass is 278 g/mol. The van der Waals surface area contributed by atoms with E-state index in [9.17, 15) is 4.79 Å². The average molecular weight is 280 g/mol. The number of carboxylic acids is 1. The third-order valence-electron chi connectivity index (χ3n) is 2.06. The standard InChI is InChI=1S/C11H9Cl3O2/c12-8-3-1-2-7(6-8)9(11(15)16)4-5-10(13)14/h1-3,5-6,9H,4H2,(H,15,16). The predicted octanol–water partition coefficient (Wildman–Crippen LogP) is 4.22. The number of halogens is 3. The van der Waals surface area contributed by atoms with Crippen molar-refractivity contribution in [1.29, 1.82) is 0 Å². The van der Waals surface area contributed by atoms with Crippen molar-refractivity contribution in [3.05, 3.63) is 45.4 Å². The van der Waals surface area contributed by atoms with Gasteiger partial charge < -0.3 is 5.11 Å². The van der Waals surface area contributed by atoms with Crippen LogP contribution in [0.1, 0.15) is 17.9 Å². The van der Waals surface area contributed by atoms with Crippen molar-refractivity contribution in [2.45, 2.75) is 12.3 Å². The Balaban J connectivity index is 2.94. The molecule has 0 aliphatic heterocycles. The summed E-state index contributed by atoms with van der Waals surface area (Å²) in [7, 11) is 0. The van der Waals surface area contributed by atoms with Gasteiger partial charge in [-0.2, -0.15) is 0 Å². The van der Waals surface area contributed by atoms with Crippen molar-refractivity contribution in [2.24, 2.45) is 0 Å². The van der Waals surface area contributed by atoms with Crippen LogP contribution in [-0.2, 0) is 4.79 Å². The summed E-state index contributed by atoms with van der Waals surface area (Å²) < 4.78 is 0.0632. The molecular weight excluding hydrogens is 270 g/mol. The maximum Gasteiger partial charge on any atom is 0.311 e. The van der Waals surface area contributed by atoms with Crippen LogP contribution in [0.2, 0.25) is 5.02 Å². The number of aliphatic carboxylic acids is 1. The summed E-state index contributed by atoms with van der Waals surface area (Å²) in [5.41, 5.74) is 0.630. The first-order chi connectivity index (χ1) is 7.50. The van der Waals surface area contributed by atoms with E-state index < -0.39 is 11.9 Å². The molecule has 16 heavy (non-hydrogen) atoms. The first-order valence-electron chi connectivity index (χ1n) is 4.50. The molecule has 0 heterocycles.